The molecule has 2 unspecified atom stereocenters. The number of hydrogen-bond acceptors (Lipinski definition) is 3. The molecule has 0 heterocycles. The third-order valence-corrected chi connectivity index (χ3v) is 2.76. The van der Waals surface area contributed by atoms with Crippen LogP contribution in [0.4, 0.5) is 0 Å². The van der Waals surface area contributed by atoms with Crippen molar-refractivity contribution < 1.29 is 9.59 Å². The highest BCUT2D eigenvalue weighted by atomic mass is 16.2. The lowest BCUT2D eigenvalue weighted by molar-refractivity contribution is -0.125. The first-order valence-corrected chi connectivity index (χ1v) is 6.38. The van der Waals surface area contributed by atoms with Crippen molar-refractivity contribution in [3.05, 3.63) is 0 Å². The van der Waals surface area contributed by atoms with Crippen molar-refractivity contribution in [2.24, 2.45) is 0 Å². The molecule has 5 heteroatoms. The van der Waals surface area contributed by atoms with E-state index in [1.165, 1.54) is 0 Å². The standard InChI is InChI=1S/C12H23N3O2/c1-4-7-13-11(16)8(2)14-9(3)12(17)15-10-5-6-10/h8-10,14H,4-7H2,1-3H3,(H,13,16)(H,15,17). The van der Waals surface area contributed by atoms with Crippen molar-refractivity contribution in [1.29, 1.82) is 0 Å². The monoisotopic (exact) mass is 241 g/mol. The molecule has 0 aromatic carbocycles. The molecule has 0 spiro atoms. The lowest BCUT2D eigenvalue weighted by atomic mass is 10.2. The summed E-state index contributed by atoms with van der Waals surface area (Å²) in [6, 6.07) is -0.324. The minimum atomic E-state index is -0.346. The predicted molar refractivity (Wildman–Crippen MR) is 66.5 cm³/mol. The molecule has 1 aliphatic carbocycles. The zero-order chi connectivity index (χ0) is 12.8. The van der Waals surface area contributed by atoms with E-state index in [1.807, 2.05) is 6.92 Å². The second-order valence-corrected chi connectivity index (χ2v) is 4.68. The van der Waals surface area contributed by atoms with Crippen molar-refractivity contribution >= 4 is 11.8 Å². The van der Waals surface area contributed by atoms with Gasteiger partial charge in [-0.3, -0.25) is 14.9 Å². The molecular formula is C12H23N3O2. The summed E-state index contributed by atoms with van der Waals surface area (Å²) in [6.45, 7) is 6.23. The number of carbonyl (C=O) groups is 2. The smallest absolute Gasteiger partial charge is 0.237 e. The van der Waals surface area contributed by atoms with E-state index in [0.717, 1.165) is 19.3 Å². The van der Waals surface area contributed by atoms with Crippen LogP contribution in [0.2, 0.25) is 0 Å². The minimum Gasteiger partial charge on any atom is -0.355 e. The van der Waals surface area contributed by atoms with E-state index >= 15 is 0 Å². The fraction of sp³-hybridized carbons (Fsp3) is 0.833. The van der Waals surface area contributed by atoms with Gasteiger partial charge in [0, 0.05) is 12.6 Å². The zero-order valence-corrected chi connectivity index (χ0v) is 10.9. The van der Waals surface area contributed by atoms with E-state index in [-0.39, 0.29) is 23.9 Å². The van der Waals surface area contributed by atoms with Crippen LogP contribution in [0, 0.1) is 0 Å². The molecule has 0 aromatic heterocycles. The Balaban J connectivity index is 2.25. The Morgan fingerprint density at radius 3 is 2.29 bits per heavy atom. The molecule has 5 nitrogen and oxygen atoms in total. The van der Waals surface area contributed by atoms with Gasteiger partial charge in [-0.05, 0) is 33.1 Å². The Hall–Kier alpha value is -1.10. The van der Waals surface area contributed by atoms with Crippen LogP contribution in [0.15, 0.2) is 0 Å². The first kappa shape index (κ1) is 14.0. The first-order chi connectivity index (χ1) is 8.04. The predicted octanol–water partition coefficient (Wildman–Crippen LogP) is 0.158. The van der Waals surface area contributed by atoms with Crippen LogP contribution in [0.25, 0.3) is 0 Å². The van der Waals surface area contributed by atoms with E-state index < -0.39 is 0 Å². The van der Waals surface area contributed by atoms with Gasteiger partial charge in [-0.15, -0.1) is 0 Å². The molecule has 1 saturated carbocycles. The molecule has 0 bridgehead atoms. The summed E-state index contributed by atoms with van der Waals surface area (Å²) in [6.07, 6.45) is 3.06. The summed E-state index contributed by atoms with van der Waals surface area (Å²) in [7, 11) is 0. The Bertz CT molecular complexity index is 277. The van der Waals surface area contributed by atoms with Crippen LogP contribution in [-0.2, 0) is 9.59 Å². The van der Waals surface area contributed by atoms with E-state index in [0.29, 0.717) is 12.6 Å². The number of hydrogen-bond donors (Lipinski definition) is 3. The highest BCUT2D eigenvalue weighted by Crippen LogP contribution is 2.18. The molecule has 1 rings (SSSR count). The van der Waals surface area contributed by atoms with Gasteiger partial charge in [-0.1, -0.05) is 6.92 Å². The second-order valence-electron chi connectivity index (χ2n) is 4.68. The SMILES string of the molecule is CCCNC(=O)C(C)NC(C)C(=O)NC1CC1. The van der Waals surface area contributed by atoms with Crippen molar-refractivity contribution in [2.45, 2.75) is 58.2 Å². The summed E-state index contributed by atoms with van der Waals surface area (Å²) in [5.74, 6) is -0.0828. The Kier molecular flexibility index (Phi) is 5.41. The lowest BCUT2D eigenvalue weighted by Crippen LogP contribution is -2.51. The van der Waals surface area contributed by atoms with Crippen LogP contribution >= 0.6 is 0 Å². The molecule has 17 heavy (non-hydrogen) atoms. The molecular weight excluding hydrogens is 218 g/mol. The Morgan fingerprint density at radius 1 is 1.18 bits per heavy atom. The molecule has 0 aliphatic heterocycles. The third-order valence-electron chi connectivity index (χ3n) is 2.76. The summed E-state index contributed by atoms with van der Waals surface area (Å²) < 4.78 is 0. The normalized spacial score (nSPS) is 18.3. The van der Waals surface area contributed by atoms with Gasteiger partial charge in [0.05, 0.1) is 12.1 Å². The number of carbonyl (C=O) groups excluding carboxylic acids is 2. The van der Waals surface area contributed by atoms with E-state index in [2.05, 4.69) is 16.0 Å². The van der Waals surface area contributed by atoms with Gasteiger partial charge in [0.1, 0.15) is 0 Å². The maximum Gasteiger partial charge on any atom is 0.237 e. The van der Waals surface area contributed by atoms with Crippen molar-refractivity contribution in [1.82, 2.24) is 16.0 Å². The highest BCUT2D eigenvalue weighted by molar-refractivity contribution is 5.85. The van der Waals surface area contributed by atoms with Gasteiger partial charge >= 0.3 is 0 Å². The minimum absolute atomic E-state index is 0.0253. The second kappa shape index (κ2) is 6.59. The molecule has 98 valence electrons. The average molecular weight is 241 g/mol. The topological polar surface area (TPSA) is 70.2 Å². The van der Waals surface area contributed by atoms with Crippen molar-refractivity contribution in [3.63, 3.8) is 0 Å². The van der Waals surface area contributed by atoms with Gasteiger partial charge in [0.15, 0.2) is 0 Å². The average Bonchev–Trinajstić information content (AvgIpc) is 3.09. The molecule has 1 fully saturated rings. The van der Waals surface area contributed by atoms with E-state index in [9.17, 15) is 9.59 Å². The maximum atomic E-state index is 11.7. The molecule has 2 atom stereocenters. The molecule has 1 aliphatic rings. The summed E-state index contributed by atoms with van der Waals surface area (Å²) >= 11 is 0. The first-order valence-electron chi connectivity index (χ1n) is 6.38. The van der Waals surface area contributed by atoms with Crippen LogP contribution in [0.3, 0.4) is 0 Å². The van der Waals surface area contributed by atoms with Crippen molar-refractivity contribution in [3.8, 4) is 0 Å². The summed E-state index contributed by atoms with van der Waals surface area (Å²) in [5, 5.41) is 8.70. The Morgan fingerprint density at radius 2 is 1.76 bits per heavy atom. The fourth-order valence-corrected chi connectivity index (χ4v) is 1.48. The van der Waals surface area contributed by atoms with E-state index in [1.54, 1.807) is 13.8 Å². The van der Waals surface area contributed by atoms with Crippen LogP contribution in [0.1, 0.15) is 40.0 Å². The molecule has 0 aromatic rings. The number of rotatable bonds is 7. The number of amides is 2. The lowest BCUT2D eigenvalue weighted by Gasteiger charge is -2.19. The molecule has 0 saturated heterocycles. The van der Waals surface area contributed by atoms with Crippen LogP contribution in [0.5, 0.6) is 0 Å². The fourth-order valence-electron chi connectivity index (χ4n) is 1.48. The van der Waals surface area contributed by atoms with Gasteiger partial charge < -0.3 is 10.6 Å². The van der Waals surface area contributed by atoms with Gasteiger partial charge in [-0.2, -0.15) is 0 Å². The summed E-state index contributed by atoms with van der Waals surface area (Å²) in [5.41, 5.74) is 0. The van der Waals surface area contributed by atoms with Crippen LogP contribution < -0.4 is 16.0 Å². The molecule has 3 N–H and O–H groups in total. The quantitative estimate of drug-likeness (QED) is 0.594. The maximum absolute atomic E-state index is 11.7. The van der Waals surface area contributed by atoms with E-state index in [4.69, 9.17) is 0 Å². The Labute approximate surface area is 103 Å². The van der Waals surface area contributed by atoms with Gasteiger partial charge in [0.2, 0.25) is 11.8 Å². The summed E-state index contributed by atoms with van der Waals surface area (Å²) in [4.78, 5) is 23.2. The van der Waals surface area contributed by atoms with Gasteiger partial charge in [-0.25, -0.2) is 0 Å². The van der Waals surface area contributed by atoms with Crippen LogP contribution in [-0.4, -0.2) is 36.5 Å². The molecule has 0 radical (unpaired) electrons. The van der Waals surface area contributed by atoms with Crippen molar-refractivity contribution in [2.75, 3.05) is 6.54 Å². The zero-order valence-electron chi connectivity index (χ0n) is 10.9. The van der Waals surface area contributed by atoms with Gasteiger partial charge in [0.25, 0.3) is 0 Å². The highest BCUT2D eigenvalue weighted by Gasteiger charge is 2.26. The largest absolute Gasteiger partial charge is 0.355 e. The third kappa shape index (κ3) is 5.17. The molecule has 2 amide bonds. The number of nitrogens with one attached hydrogen (secondary N) is 3.